The van der Waals surface area contributed by atoms with E-state index in [1.54, 1.807) is 16.8 Å². The van der Waals surface area contributed by atoms with E-state index in [9.17, 15) is 14.4 Å². The van der Waals surface area contributed by atoms with Gasteiger partial charge in [-0.2, -0.15) is 0 Å². The summed E-state index contributed by atoms with van der Waals surface area (Å²) in [5.74, 6) is 0.253. The van der Waals surface area contributed by atoms with Gasteiger partial charge in [0.15, 0.2) is 0 Å². The zero-order valence-corrected chi connectivity index (χ0v) is 15.1. The summed E-state index contributed by atoms with van der Waals surface area (Å²) in [5, 5.41) is 2.64. The highest BCUT2D eigenvalue weighted by Crippen LogP contribution is 2.17. The van der Waals surface area contributed by atoms with Gasteiger partial charge in [-0.3, -0.25) is 19.3 Å². The van der Waals surface area contributed by atoms with E-state index in [4.69, 9.17) is 0 Å². The maximum Gasteiger partial charge on any atom is 0.236 e. The molecule has 2 heterocycles. The van der Waals surface area contributed by atoms with Crippen molar-refractivity contribution >= 4 is 17.7 Å². The molecule has 1 N–H and O–H groups in total. The lowest BCUT2D eigenvalue weighted by Crippen LogP contribution is -2.46. The second kappa shape index (κ2) is 8.46. The normalized spacial score (nSPS) is 23.7. The van der Waals surface area contributed by atoms with Gasteiger partial charge in [-0.1, -0.05) is 6.92 Å². The highest BCUT2D eigenvalue weighted by Gasteiger charge is 2.31. The Balaban J connectivity index is 1.98. The Labute approximate surface area is 144 Å². The smallest absolute Gasteiger partial charge is 0.236 e. The minimum atomic E-state index is -0.369. The van der Waals surface area contributed by atoms with E-state index in [1.165, 1.54) is 6.92 Å². The van der Waals surface area contributed by atoms with Crippen LogP contribution in [0, 0.1) is 11.8 Å². The first-order valence-electron chi connectivity index (χ1n) is 8.88. The minimum Gasteiger partial charge on any atom is -0.359 e. The van der Waals surface area contributed by atoms with Crippen LogP contribution in [0.3, 0.4) is 0 Å². The number of likely N-dealkylation sites (tertiary alicyclic amines) is 1. The lowest BCUT2D eigenvalue weighted by molar-refractivity contribution is -0.134. The van der Waals surface area contributed by atoms with Crippen molar-refractivity contribution < 1.29 is 14.4 Å². The van der Waals surface area contributed by atoms with Crippen molar-refractivity contribution in [1.82, 2.24) is 20.0 Å². The van der Waals surface area contributed by atoms with E-state index in [0.717, 1.165) is 31.8 Å². The van der Waals surface area contributed by atoms with Gasteiger partial charge in [-0.15, -0.1) is 0 Å². The van der Waals surface area contributed by atoms with Crippen LogP contribution >= 0.6 is 0 Å². The molecule has 0 spiro atoms. The van der Waals surface area contributed by atoms with Gasteiger partial charge in [0.1, 0.15) is 0 Å². The summed E-state index contributed by atoms with van der Waals surface area (Å²) < 4.78 is 0. The number of hydrogen-bond donors (Lipinski definition) is 1. The molecule has 2 saturated heterocycles. The van der Waals surface area contributed by atoms with Gasteiger partial charge in [0.25, 0.3) is 0 Å². The van der Waals surface area contributed by atoms with Crippen molar-refractivity contribution in [1.29, 1.82) is 0 Å². The van der Waals surface area contributed by atoms with Crippen LogP contribution in [-0.2, 0) is 14.4 Å². The molecule has 3 amide bonds. The lowest BCUT2D eigenvalue weighted by Gasteiger charge is -2.32. The van der Waals surface area contributed by atoms with Gasteiger partial charge in [-0.25, -0.2) is 0 Å². The van der Waals surface area contributed by atoms with E-state index in [0.29, 0.717) is 32.7 Å². The third-order valence-electron chi connectivity index (χ3n) is 5.17. The molecule has 7 nitrogen and oxygen atoms in total. The molecule has 1 atom stereocenters. The van der Waals surface area contributed by atoms with Crippen molar-refractivity contribution in [2.75, 3.05) is 52.9 Å². The van der Waals surface area contributed by atoms with Gasteiger partial charge in [-0.05, 0) is 31.8 Å². The van der Waals surface area contributed by atoms with Gasteiger partial charge < -0.3 is 15.1 Å². The average Bonchev–Trinajstić information content (AvgIpc) is 2.79. The quantitative estimate of drug-likeness (QED) is 0.772. The molecule has 0 aromatic heterocycles. The summed E-state index contributed by atoms with van der Waals surface area (Å²) in [5.41, 5.74) is 0. The minimum absolute atomic E-state index is 0.0526. The van der Waals surface area contributed by atoms with Crippen LogP contribution in [-0.4, -0.2) is 85.3 Å². The van der Waals surface area contributed by atoms with Crippen molar-refractivity contribution in [2.24, 2.45) is 11.8 Å². The summed E-state index contributed by atoms with van der Waals surface area (Å²) in [6, 6.07) is 0. The Morgan fingerprint density at radius 3 is 2.17 bits per heavy atom. The second-order valence-electron chi connectivity index (χ2n) is 7.07. The Bertz CT molecular complexity index is 474. The Kier molecular flexibility index (Phi) is 6.60. The van der Waals surface area contributed by atoms with E-state index in [-0.39, 0.29) is 23.6 Å². The number of nitrogens with one attached hydrogen (secondary N) is 1. The molecular formula is C17H30N4O3. The molecule has 2 fully saturated rings. The number of amides is 3. The number of piperidine rings is 1. The van der Waals surface area contributed by atoms with Crippen molar-refractivity contribution in [3.05, 3.63) is 0 Å². The van der Waals surface area contributed by atoms with Gasteiger partial charge in [0, 0.05) is 40.2 Å². The first-order chi connectivity index (χ1) is 11.4. The van der Waals surface area contributed by atoms with Crippen molar-refractivity contribution in [3.8, 4) is 0 Å². The Morgan fingerprint density at radius 1 is 1.00 bits per heavy atom. The van der Waals surface area contributed by atoms with Crippen LogP contribution in [0.2, 0.25) is 0 Å². The molecule has 0 saturated carbocycles. The maximum atomic E-state index is 12.7. The zero-order valence-electron chi connectivity index (χ0n) is 15.1. The fraction of sp³-hybridized carbons (Fsp3) is 0.824. The number of carbonyl (C=O) groups excluding carboxylic acids is 3. The standard InChI is InChI=1S/C17H30N4O3/c1-13-4-6-19(7-5-13)12-16(23)21-9-8-20(14(2)22)10-15(11-21)17(24)18-3/h13,15H,4-12H2,1-3H3,(H,18,24)/t15-/m0/s1. The van der Waals surface area contributed by atoms with Crippen LogP contribution in [0.25, 0.3) is 0 Å². The van der Waals surface area contributed by atoms with Crippen LogP contribution < -0.4 is 5.32 Å². The maximum absolute atomic E-state index is 12.7. The Hall–Kier alpha value is -1.63. The molecule has 0 radical (unpaired) electrons. The molecule has 2 aliphatic heterocycles. The first-order valence-corrected chi connectivity index (χ1v) is 8.88. The molecule has 0 aromatic rings. The summed E-state index contributed by atoms with van der Waals surface area (Å²) >= 11 is 0. The molecule has 0 unspecified atom stereocenters. The van der Waals surface area contributed by atoms with E-state index >= 15 is 0 Å². The van der Waals surface area contributed by atoms with E-state index < -0.39 is 0 Å². The summed E-state index contributed by atoms with van der Waals surface area (Å²) in [7, 11) is 1.59. The van der Waals surface area contributed by atoms with Crippen LogP contribution in [0.5, 0.6) is 0 Å². The highest BCUT2D eigenvalue weighted by atomic mass is 16.2. The predicted molar refractivity (Wildman–Crippen MR) is 91.2 cm³/mol. The molecule has 0 aromatic carbocycles. The van der Waals surface area contributed by atoms with Gasteiger partial charge in [0.05, 0.1) is 12.5 Å². The van der Waals surface area contributed by atoms with E-state index in [2.05, 4.69) is 17.1 Å². The van der Waals surface area contributed by atoms with Gasteiger partial charge in [0.2, 0.25) is 17.7 Å². The largest absolute Gasteiger partial charge is 0.359 e. The monoisotopic (exact) mass is 338 g/mol. The van der Waals surface area contributed by atoms with Crippen LogP contribution in [0.15, 0.2) is 0 Å². The molecule has 2 aliphatic rings. The average molecular weight is 338 g/mol. The molecule has 136 valence electrons. The molecule has 0 bridgehead atoms. The third-order valence-corrected chi connectivity index (χ3v) is 5.17. The molecule has 0 aliphatic carbocycles. The molecule has 2 rings (SSSR count). The van der Waals surface area contributed by atoms with Crippen molar-refractivity contribution in [3.63, 3.8) is 0 Å². The number of hydrogen-bond acceptors (Lipinski definition) is 4. The van der Waals surface area contributed by atoms with Crippen molar-refractivity contribution in [2.45, 2.75) is 26.7 Å². The molecule has 7 heteroatoms. The number of nitrogens with zero attached hydrogens (tertiary/aromatic N) is 3. The second-order valence-corrected chi connectivity index (χ2v) is 7.07. The predicted octanol–water partition coefficient (Wildman–Crippen LogP) is -0.229. The lowest BCUT2D eigenvalue weighted by atomic mass is 9.99. The van der Waals surface area contributed by atoms with E-state index in [1.807, 2.05) is 0 Å². The van der Waals surface area contributed by atoms with Crippen LogP contribution in [0.1, 0.15) is 26.7 Å². The molecular weight excluding hydrogens is 308 g/mol. The summed E-state index contributed by atoms with van der Waals surface area (Å²) in [6.45, 7) is 7.82. The summed E-state index contributed by atoms with van der Waals surface area (Å²) in [4.78, 5) is 42.1. The third kappa shape index (κ3) is 4.93. The highest BCUT2D eigenvalue weighted by molar-refractivity contribution is 5.83. The zero-order chi connectivity index (χ0) is 17.7. The fourth-order valence-corrected chi connectivity index (χ4v) is 3.41. The first kappa shape index (κ1) is 18.7. The SMILES string of the molecule is CNC(=O)[C@H]1CN(C(C)=O)CCN(C(=O)CN2CCC(C)CC2)C1. The fourth-order valence-electron chi connectivity index (χ4n) is 3.41. The topological polar surface area (TPSA) is 73.0 Å². The Morgan fingerprint density at radius 2 is 1.58 bits per heavy atom. The summed E-state index contributed by atoms with van der Waals surface area (Å²) in [6.07, 6.45) is 2.26. The van der Waals surface area contributed by atoms with Crippen LogP contribution in [0.4, 0.5) is 0 Å². The number of carbonyl (C=O) groups is 3. The molecule has 24 heavy (non-hydrogen) atoms. The number of rotatable bonds is 3. The van der Waals surface area contributed by atoms with Gasteiger partial charge >= 0.3 is 0 Å².